The zero-order chi connectivity index (χ0) is 9.80. The van der Waals surface area contributed by atoms with E-state index in [1.54, 1.807) is 0 Å². The van der Waals surface area contributed by atoms with Crippen molar-refractivity contribution in [2.75, 3.05) is 5.33 Å². The summed E-state index contributed by atoms with van der Waals surface area (Å²) in [7, 11) is 0. The van der Waals surface area contributed by atoms with Gasteiger partial charge in [-0.2, -0.15) is 0 Å². The lowest BCUT2D eigenvalue weighted by Crippen LogP contribution is -1.74. The van der Waals surface area contributed by atoms with Gasteiger partial charge in [0.25, 0.3) is 0 Å². The fraction of sp³-hybridized carbons (Fsp3) is 0.0769. The van der Waals surface area contributed by atoms with Gasteiger partial charge in [-0.05, 0) is 22.4 Å². The second-order valence-corrected chi connectivity index (χ2v) is 3.81. The summed E-state index contributed by atoms with van der Waals surface area (Å²) in [5, 5.41) is 3.49. The average molecular weight is 247 g/mol. The van der Waals surface area contributed by atoms with Crippen LogP contribution in [0.25, 0.3) is 16.8 Å². The van der Waals surface area contributed by atoms with Gasteiger partial charge in [-0.25, -0.2) is 0 Å². The van der Waals surface area contributed by atoms with Crippen LogP contribution in [0.5, 0.6) is 0 Å². The molecule has 0 nitrogen and oxygen atoms in total. The van der Waals surface area contributed by atoms with E-state index in [9.17, 15) is 0 Å². The van der Waals surface area contributed by atoms with Gasteiger partial charge in [-0.1, -0.05) is 64.5 Å². The fourth-order valence-electron chi connectivity index (χ4n) is 1.49. The molecule has 0 unspecified atom stereocenters. The molecule has 2 aromatic carbocycles. The molecule has 2 rings (SSSR count). The number of alkyl halides is 1. The Morgan fingerprint density at radius 3 is 2.57 bits per heavy atom. The highest BCUT2D eigenvalue weighted by Crippen LogP contribution is 2.16. The van der Waals surface area contributed by atoms with Crippen molar-refractivity contribution in [1.29, 1.82) is 0 Å². The van der Waals surface area contributed by atoms with E-state index < -0.39 is 0 Å². The molecular formula is C13H11Br. The topological polar surface area (TPSA) is 0 Å². The lowest BCUT2D eigenvalue weighted by atomic mass is 10.1. The van der Waals surface area contributed by atoms with Gasteiger partial charge in [0, 0.05) is 5.33 Å². The van der Waals surface area contributed by atoms with Crippen molar-refractivity contribution in [1.82, 2.24) is 0 Å². The van der Waals surface area contributed by atoms with E-state index >= 15 is 0 Å². The third-order valence-corrected chi connectivity index (χ3v) is 2.55. The molecule has 0 bridgehead atoms. The molecule has 0 aliphatic heterocycles. The summed E-state index contributed by atoms with van der Waals surface area (Å²) >= 11 is 3.37. The Morgan fingerprint density at radius 1 is 1.00 bits per heavy atom. The normalized spacial score (nSPS) is 11.2. The molecule has 0 amide bonds. The maximum Gasteiger partial charge on any atom is 0.0215 e. The fourth-order valence-corrected chi connectivity index (χ4v) is 1.68. The van der Waals surface area contributed by atoms with Crippen molar-refractivity contribution in [3.8, 4) is 0 Å². The van der Waals surface area contributed by atoms with Crippen molar-refractivity contribution in [3.05, 3.63) is 54.1 Å². The molecule has 14 heavy (non-hydrogen) atoms. The highest BCUT2D eigenvalue weighted by Gasteiger charge is 1.91. The van der Waals surface area contributed by atoms with Crippen LogP contribution in [0.1, 0.15) is 5.56 Å². The van der Waals surface area contributed by atoms with E-state index in [0.29, 0.717) is 0 Å². The summed E-state index contributed by atoms with van der Waals surface area (Å²) in [6.45, 7) is 0. The smallest absolute Gasteiger partial charge is 0.0215 e. The number of allylic oxidation sites excluding steroid dienone is 1. The van der Waals surface area contributed by atoms with Crippen molar-refractivity contribution in [2.24, 2.45) is 0 Å². The summed E-state index contributed by atoms with van der Waals surface area (Å²) in [6, 6.07) is 14.9. The standard InChI is InChI=1S/C13H11Br/c14-9-3-4-11-7-8-12-5-1-2-6-13(12)10-11/h1-8,10H,9H2/b4-3+. The van der Waals surface area contributed by atoms with Gasteiger partial charge in [-0.3, -0.25) is 0 Å². The predicted octanol–water partition coefficient (Wildman–Crippen LogP) is 4.25. The van der Waals surface area contributed by atoms with Gasteiger partial charge in [-0.15, -0.1) is 0 Å². The monoisotopic (exact) mass is 246 g/mol. The Kier molecular flexibility index (Phi) is 3.00. The summed E-state index contributed by atoms with van der Waals surface area (Å²) in [4.78, 5) is 0. The molecule has 0 radical (unpaired) electrons. The van der Waals surface area contributed by atoms with Crippen LogP contribution in [0.2, 0.25) is 0 Å². The number of fused-ring (bicyclic) bond motifs is 1. The summed E-state index contributed by atoms with van der Waals surface area (Å²) in [5.74, 6) is 0. The summed E-state index contributed by atoms with van der Waals surface area (Å²) < 4.78 is 0. The number of halogens is 1. The number of benzene rings is 2. The van der Waals surface area contributed by atoms with Crippen LogP contribution < -0.4 is 0 Å². The minimum Gasteiger partial charge on any atom is -0.0883 e. The van der Waals surface area contributed by atoms with Crippen molar-refractivity contribution in [3.63, 3.8) is 0 Å². The molecule has 70 valence electrons. The Labute approximate surface area is 92.4 Å². The van der Waals surface area contributed by atoms with Crippen molar-refractivity contribution < 1.29 is 0 Å². The zero-order valence-electron chi connectivity index (χ0n) is 7.78. The molecule has 0 saturated heterocycles. The zero-order valence-corrected chi connectivity index (χ0v) is 9.37. The van der Waals surface area contributed by atoms with E-state index in [-0.39, 0.29) is 0 Å². The first-order valence-corrected chi connectivity index (χ1v) is 5.73. The highest BCUT2D eigenvalue weighted by atomic mass is 79.9. The molecule has 0 aromatic heterocycles. The molecule has 0 atom stereocenters. The van der Waals surface area contributed by atoms with E-state index in [4.69, 9.17) is 0 Å². The minimum absolute atomic E-state index is 0.903. The minimum atomic E-state index is 0.903. The van der Waals surface area contributed by atoms with E-state index in [1.807, 2.05) is 0 Å². The van der Waals surface area contributed by atoms with Crippen LogP contribution in [0, 0.1) is 0 Å². The molecule has 0 heterocycles. The second-order valence-electron chi connectivity index (χ2n) is 3.16. The second kappa shape index (κ2) is 4.43. The molecule has 0 spiro atoms. The van der Waals surface area contributed by atoms with Crippen molar-refractivity contribution in [2.45, 2.75) is 0 Å². The van der Waals surface area contributed by atoms with Crippen LogP contribution >= 0.6 is 15.9 Å². The third kappa shape index (κ3) is 2.05. The molecule has 0 saturated carbocycles. The first-order valence-electron chi connectivity index (χ1n) is 4.61. The average Bonchev–Trinajstić information content (AvgIpc) is 2.26. The molecule has 0 fully saturated rings. The quantitative estimate of drug-likeness (QED) is 0.696. The van der Waals surface area contributed by atoms with Gasteiger partial charge in [0.15, 0.2) is 0 Å². The lowest BCUT2D eigenvalue weighted by molar-refractivity contribution is 1.69. The van der Waals surface area contributed by atoms with Gasteiger partial charge in [0.1, 0.15) is 0 Å². The molecule has 0 aliphatic rings. The highest BCUT2D eigenvalue weighted by molar-refractivity contribution is 9.09. The first kappa shape index (κ1) is 9.47. The number of hydrogen-bond acceptors (Lipinski definition) is 0. The molecule has 0 N–H and O–H groups in total. The number of hydrogen-bond donors (Lipinski definition) is 0. The summed E-state index contributed by atoms with van der Waals surface area (Å²) in [5.41, 5.74) is 1.25. The van der Waals surface area contributed by atoms with Crippen LogP contribution in [0.15, 0.2) is 48.5 Å². The largest absolute Gasteiger partial charge is 0.0883 e. The maximum absolute atomic E-state index is 3.37. The molecule has 0 aliphatic carbocycles. The lowest BCUT2D eigenvalue weighted by Gasteiger charge is -1.98. The van der Waals surface area contributed by atoms with E-state index in [1.165, 1.54) is 16.3 Å². The molecular weight excluding hydrogens is 236 g/mol. The Hall–Kier alpha value is -1.08. The third-order valence-electron chi connectivity index (χ3n) is 2.17. The SMILES string of the molecule is BrC/C=C/c1ccc2ccccc2c1. The van der Waals surface area contributed by atoms with Gasteiger partial charge >= 0.3 is 0 Å². The van der Waals surface area contributed by atoms with Crippen LogP contribution in [-0.2, 0) is 0 Å². The van der Waals surface area contributed by atoms with Crippen LogP contribution in [0.3, 0.4) is 0 Å². The van der Waals surface area contributed by atoms with E-state index in [2.05, 4.69) is 70.5 Å². The molecule has 2 aromatic rings. The van der Waals surface area contributed by atoms with Crippen LogP contribution in [-0.4, -0.2) is 5.33 Å². The Bertz CT molecular complexity index is 457. The molecule has 1 heteroatoms. The van der Waals surface area contributed by atoms with E-state index in [0.717, 1.165) is 5.33 Å². The first-order chi connectivity index (χ1) is 6.90. The predicted molar refractivity (Wildman–Crippen MR) is 66.8 cm³/mol. The van der Waals surface area contributed by atoms with Crippen molar-refractivity contribution >= 4 is 32.8 Å². The maximum atomic E-state index is 3.37. The Balaban J connectivity index is 2.46. The van der Waals surface area contributed by atoms with Gasteiger partial charge in [0.05, 0.1) is 0 Å². The summed E-state index contributed by atoms with van der Waals surface area (Å²) in [6.07, 6.45) is 4.23. The number of rotatable bonds is 2. The van der Waals surface area contributed by atoms with Gasteiger partial charge in [0.2, 0.25) is 0 Å². The van der Waals surface area contributed by atoms with Gasteiger partial charge < -0.3 is 0 Å². The van der Waals surface area contributed by atoms with Crippen LogP contribution in [0.4, 0.5) is 0 Å². The Morgan fingerprint density at radius 2 is 1.79 bits per heavy atom.